The van der Waals surface area contributed by atoms with E-state index in [1.165, 1.54) is 25.3 Å². The lowest BCUT2D eigenvalue weighted by molar-refractivity contribution is -0.297. The first kappa shape index (κ1) is 19.2. The number of methoxy groups -OCH3 is 1. The number of amides is 1. The van der Waals surface area contributed by atoms with E-state index in [-0.39, 0.29) is 16.3 Å². The molecule has 1 aliphatic heterocycles. The summed E-state index contributed by atoms with van der Waals surface area (Å²) < 4.78 is 45.3. The molecule has 1 N–H and O–H groups in total. The van der Waals surface area contributed by atoms with Crippen LogP contribution in [0.15, 0.2) is 29.4 Å². The molecule has 5 nitrogen and oxygen atoms in total. The number of unbranched alkanes of at least 4 members (excludes halogenated alkanes) is 2. The number of carbonyl (C=O) groups is 1. The summed E-state index contributed by atoms with van der Waals surface area (Å²) in [5, 5.41) is 14.2. The molecule has 25 heavy (non-hydrogen) atoms. The third-order valence-corrected chi connectivity index (χ3v) is 4.07. The van der Waals surface area contributed by atoms with Crippen LogP contribution in [0.5, 0.6) is 5.75 Å². The normalized spacial score (nSPS) is 20.6. The second kappa shape index (κ2) is 7.43. The molecule has 138 valence electrons. The van der Waals surface area contributed by atoms with Crippen molar-refractivity contribution in [2.75, 3.05) is 7.11 Å². The van der Waals surface area contributed by atoms with Crippen molar-refractivity contribution in [1.29, 1.82) is 0 Å². The molecule has 0 saturated heterocycles. The van der Waals surface area contributed by atoms with Crippen molar-refractivity contribution in [1.82, 2.24) is 5.01 Å². The predicted octanol–water partition coefficient (Wildman–Crippen LogP) is 3.73. The lowest BCUT2D eigenvalue weighted by atomic mass is 10.0. The van der Waals surface area contributed by atoms with E-state index in [4.69, 9.17) is 4.74 Å². The average molecular weight is 358 g/mol. The Morgan fingerprint density at radius 3 is 2.72 bits per heavy atom. The van der Waals surface area contributed by atoms with Crippen molar-refractivity contribution in [2.24, 2.45) is 5.10 Å². The highest BCUT2D eigenvalue weighted by Crippen LogP contribution is 2.41. The summed E-state index contributed by atoms with van der Waals surface area (Å²) >= 11 is 0. The SMILES string of the molecule is CCCCCC1=NN(C(=O)c2cccc(OC)c2)[C@](O)(C(F)(F)F)C1. The van der Waals surface area contributed by atoms with Gasteiger partial charge in [-0.05, 0) is 31.0 Å². The zero-order valence-electron chi connectivity index (χ0n) is 14.1. The third-order valence-electron chi connectivity index (χ3n) is 4.07. The van der Waals surface area contributed by atoms with Gasteiger partial charge in [-0.15, -0.1) is 0 Å². The van der Waals surface area contributed by atoms with E-state index in [9.17, 15) is 23.1 Å². The Kier molecular flexibility index (Phi) is 5.72. The lowest BCUT2D eigenvalue weighted by Crippen LogP contribution is -2.56. The number of hydrazone groups is 1. The molecular formula is C17H21F3N2O3. The molecule has 0 aromatic heterocycles. The molecule has 0 bridgehead atoms. The Morgan fingerprint density at radius 2 is 2.12 bits per heavy atom. The van der Waals surface area contributed by atoms with Gasteiger partial charge in [0.05, 0.1) is 7.11 Å². The van der Waals surface area contributed by atoms with Gasteiger partial charge >= 0.3 is 6.18 Å². The van der Waals surface area contributed by atoms with E-state index >= 15 is 0 Å². The number of halogens is 3. The number of rotatable bonds is 6. The van der Waals surface area contributed by atoms with Crippen LogP contribution in [0.25, 0.3) is 0 Å². The van der Waals surface area contributed by atoms with E-state index < -0.39 is 24.2 Å². The summed E-state index contributed by atoms with van der Waals surface area (Å²) in [5.41, 5.74) is -3.19. The van der Waals surface area contributed by atoms with Crippen LogP contribution in [0.4, 0.5) is 13.2 Å². The van der Waals surface area contributed by atoms with E-state index in [1.54, 1.807) is 6.07 Å². The second-order valence-electron chi connectivity index (χ2n) is 5.96. The van der Waals surface area contributed by atoms with Crippen LogP contribution in [0.1, 0.15) is 49.4 Å². The Morgan fingerprint density at radius 1 is 1.40 bits per heavy atom. The van der Waals surface area contributed by atoms with Gasteiger partial charge in [0.15, 0.2) is 0 Å². The van der Waals surface area contributed by atoms with Crippen LogP contribution in [-0.2, 0) is 0 Å². The number of carbonyl (C=O) groups excluding carboxylic acids is 1. The van der Waals surface area contributed by atoms with Crippen LogP contribution >= 0.6 is 0 Å². The van der Waals surface area contributed by atoms with Crippen molar-refractivity contribution in [2.45, 2.75) is 50.9 Å². The maximum absolute atomic E-state index is 13.4. The van der Waals surface area contributed by atoms with Gasteiger partial charge in [0.1, 0.15) is 5.75 Å². The van der Waals surface area contributed by atoms with Crippen LogP contribution in [0.2, 0.25) is 0 Å². The fourth-order valence-corrected chi connectivity index (χ4v) is 2.65. The van der Waals surface area contributed by atoms with Crippen LogP contribution in [-0.4, -0.2) is 40.7 Å². The molecular weight excluding hydrogens is 337 g/mol. The molecule has 1 aromatic carbocycles. The molecule has 0 unspecified atom stereocenters. The maximum atomic E-state index is 13.4. The van der Waals surface area contributed by atoms with E-state index in [0.717, 1.165) is 12.8 Å². The molecule has 0 saturated carbocycles. The molecule has 0 spiro atoms. The minimum atomic E-state index is -5.02. The number of ether oxygens (including phenoxy) is 1. The Hall–Kier alpha value is -2.09. The van der Waals surface area contributed by atoms with Crippen LogP contribution < -0.4 is 4.74 Å². The van der Waals surface area contributed by atoms with Gasteiger partial charge < -0.3 is 9.84 Å². The van der Waals surface area contributed by atoms with Crippen LogP contribution in [0, 0.1) is 0 Å². The van der Waals surface area contributed by atoms with E-state index in [0.29, 0.717) is 18.6 Å². The molecule has 1 aromatic rings. The van der Waals surface area contributed by atoms with Gasteiger partial charge in [-0.3, -0.25) is 4.79 Å². The molecule has 2 rings (SSSR count). The molecule has 1 atom stereocenters. The predicted molar refractivity (Wildman–Crippen MR) is 86.4 cm³/mol. The highest BCUT2D eigenvalue weighted by atomic mass is 19.4. The number of hydrogen-bond donors (Lipinski definition) is 1. The number of nitrogens with zero attached hydrogens (tertiary/aromatic N) is 2. The summed E-state index contributed by atoms with van der Waals surface area (Å²) in [6.07, 6.45) is -3.03. The Bertz CT molecular complexity index is 661. The first-order valence-electron chi connectivity index (χ1n) is 8.07. The highest BCUT2D eigenvalue weighted by molar-refractivity contribution is 5.98. The van der Waals surface area contributed by atoms with Crippen molar-refractivity contribution >= 4 is 11.6 Å². The third kappa shape index (κ3) is 3.95. The van der Waals surface area contributed by atoms with Crippen molar-refractivity contribution in [3.63, 3.8) is 0 Å². The van der Waals surface area contributed by atoms with E-state index in [1.807, 2.05) is 6.92 Å². The average Bonchev–Trinajstić information content (AvgIpc) is 2.92. The summed E-state index contributed by atoms with van der Waals surface area (Å²) in [6, 6.07) is 5.72. The monoisotopic (exact) mass is 358 g/mol. The van der Waals surface area contributed by atoms with Gasteiger partial charge in [-0.2, -0.15) is 23.3 Å². The largest absolute Gasteiger partial charge is 0.497 e. The van der Waals surface area contributed by atoms with Crippen molar-refractivity contribution in [3.05, 3.63) is 29.8 Å². The minimum Gasteiger partial charge on any atom is -0.497 e. The highest BCUT2D eigenvalue weighted by Gasteiger charge is 2.63. The Balaban J connectivity index is 2.32. The number of benzene rings is 1. The number of alkyl halides is 3. The second-order valence-corrected chi connectivity index (χ2v) is 5.96. The molecule has 1 amide bonds. The smallest absolute Gasteiger partial charge is 0.438 e. The molecule has 0 radical (unpaired) electrons. The molecule has 1 aliphatic rings. The van der Waals surface area contributed by atoms with Gasteiger partial charge in [0, 0.05) is 17.7 Å². The zero-order chi connectivity index (χ0) is 18.7. The van der Waals surface area contributed by atoms with Gasteiger partial charge in [-0.25, -0.2) is 0 Å². The number of hydrogen-bond acceptors (Lipinski definition) is 4. The molecule has 8 heteroatoms. The first-order chi connectivity index (χ1) is 11.7. The lowest BCUT2D eigenvalue weighted by Gasteiger charge is -2.32. The van der Waals surface area contributed by atoms with E-state index in [2.05, 4.69) is 5.10 Å². The molecule has 0 fully saturated rings. The first-order valence-corrected chi connectivity index (χ1v) is 8.07. The summed E-state index contributed by atoms with van der Waals surface area (Å²) in [5.74, 6) is -0.697. The minimum absolute atomic E-state index is 0.0411. The quantitative estimate of drug-likeness (QED) is 0.788. The van der Waals surface area contributed by atoms with Crippen LogP contribution in [0.3, 0.4) is 0 Å². The van der Waals surface area contributed by atoms with Gasteiger partial charge in [0.25, 0.3) is 11.6 Å². The van der Waals surface area contributed by atoms with Gasteiger partial charge in [0.2, 0.25) is 0 Å². The standard InChI is InChI=1S/C17H21F3N2O3/c1-3-4-5-8-13-11-16(24,17(18,19)20)22(21-13)15(23)12-7-6-9-14(10-12)25-2/h6-7,9-10,24H,3-5,8,11H2,1-2H3/t16-/m1/s1. The fourth-order valence-electron chi connectivity index (χ4n) is 2.65. The van der Waals surface area contributed by atoms with Crippen molar-refractivity contribution in [3.8, 4) is 5.75 Å². The molecule has 1 heterocycles. The summed E-state index contributed by atoms with van der Waals surface area (Å²) in [6.45, 7) is 1.97. The zero-order valence-corrected chi connectivity index (χ0v) is 14.1. The topological polar surface area (TPSA) is 62.1 Å². The number of aliphatic hydroxyl groups is 1. The Labute approximate surface area is 144 Å². The summed E-state index contributed by atoms with van der Waals surface area (Å²) in [4.78, 5) is 12.6. The van der Waals surface area contributed by atoms with Crippen molar-refractivity contribution < 1.29 is 27.8 Å². The maximum Gasteiger partial charge on any atom is 0.438 e. The summed E-state index contributed by atoms with van der Waals surface area (Å²) in [7, 11) is 1.38. The fraction of sp³-hybridized carbons (Fsp3) is 0.529. The van der Waals surface area contributed by atoms with Gasteiger partial charge in [-0.1, -0.05) is 25.8 Å². The molecule has 0 aliphatic carbocycles.